The van der Waals surface area contributed by atoms with Crippen LogP contribution in [-0.2, 0) is 16.6 Å². The predicted octanol–water partition coefficient (Wildman–Crippen LogP) is 2.76. The molecule has 96 valence electrons. The number of nitriles is 1. The number of benzene rings is 1. The Morgan fingerprint density at radius 2 is 2.17 bits per heavy atom. The van der Waals surface area contributed by atoms with Crippen LogP contribution in [-0.4, -0.2) is 16.6 Å². The molecular weight excluding hydrogens is 246 g/mol. The Labute approximate surface area is 110 Å². The minimum atomic E-state index is -0.815. The average molecular weight is 263 g/mol. The highest BCUT2D eigenvalue weighted by Gasteiger charge is 2.21. The van der Waals surface area contributed by atoms with E-state index in [0.29, 0.717) is 22.3 Å². The fourth-order valence-corrected chi connectivity index (χ4v) is 3.97. The standard InChI is InChI=1S/C14H17NO2S/c1-17-14-7-6-11(8-12(14)9-15)10-18(16)13-4-2-3-5-13/h6-8,13H,2-5,10H2,1H3. The molecule has 0 N–H and O–H groups in total. The normalized spacial score (nSPS) is 17.3. The molecule has 1 fully saturated rings. The number of rotatable bonds is 4. The van der Waals surface area contributed by atoms with Gasteiger partial charge in [-0.05, 0) is 30.5 Å². The van der Waals surface area contributed by atoms with Crippen LogP contribution >= 0.6 is 0 Å². The number of ether oxygens (including phenoxy) is 1. The van der Waals surface area contributed by atoms with E-state index in [1.165, 1.54) is 12.8 Å². The lowest BCUT2D eigenvalue weighted by molar-refractivity contribution is 0.413. The van der Waals surface area contributed by atoms with Crippen molar-refractivity contribution in [3.8, 4) is 11.8 Å². The summed E-state index contributed by atoms with van der Waals surface area (Å²) in [7, 11) is 0.733. The molecule has 1 unspecified atom stereocenters. The molecule has 0 aliphatic heterocycles. The summed E-state index contributed by atoms with van der Waals surface area (Å²) in [6.07, 6.45) is 4.55. The highest BCUT2D eigenvalue weighted by atomic mass is 32.2. The molecule has 1 atom stereocenters. The SMILES string of the molecule is COc1ccc(CS(=O)C2CCCC2)cc1C#N. The van der Waals surface area contributed by atoms with E-state index < -0.39 is 10.8 Å². The molecule has 0 spiro atoms. The first kappa shape index (κ1) is 13.1. The number of hydrogen-bond donors (Lipinski definition) is 0. The van der Waals surface area contributed by atoms with Crippen molar-refractivity contribution in [2.24, 2.45) is 0 Å². The van der Waals surface area contributed by atoms with E-state index in [1.807, 2.05) is 6.07 Å². The molecule has 4 heteroatoms. The van der Waals surface area contributed by atoms with Gasteiger partial charge in [0.1, 0.15) is 11.8 Å². The summed E-state index contributed by atoms with van der Waals surface area (Å²) >= 11 is 0. The van der Waals surface area contributed by atoms with Crippen LogP contribution in [0, 0.1) is 11.3 Å². The van der Waals surface area contributed by atoms with Gasteiger partial charge < -0.3 is 4.74 Å². The predicted molar refractivity (Wildman–Crippen MR) is 71.8 cm³/mol. The maximum atomic E-state index is 12.2. The molecular formula is C14H17NO2S. The number of hydrogen-bond acceptors (Lipinski definition) is 3. The minimum absolute atomic E-state index is 0.345. The second-order valence-electron chi connectivity index (χ2n) is 4.58. The molecule has 1 aliphatic carbocycles. The summed E-state index contributed by atoms with van der Waals surface area (Å²) in [4.78, 5) is 0. The van der Waals surface area contributed by atoms with Crippen LogP contribution in [0.2, 0.25) is 0 Å². The van der Waals surface area contributed by atoms with E-state index in [0.717, 1.165) is 18.4 Å². The largest absolute Gasteiger partial charge is 0.495 e. The summed E-state index contributed by atoms with van der Waals surface area (Å²) in [5, 5.41) is 9.36. The molecule has 0 saturated heterocycles. The van der Waals surface area contributed by atoms with Crippen molar-refractivity contribution in [1.29, 1.82) is 5.26 Å². The summed E-state index contributed by atoms with van der Waals surface area (Å²) in [5.74, 6) is 1.12. The minimum Gasteiger partial charge on any atom is -0.495 e. The van der Waals surface area contributed by atoms with Gasteiger partial charge in [-0.15, -0.1) is 0 Å². The van der Waals surface area contributed by atoms with Crippen molar-refractivity contribution >= 4 is 10.8 Å². The van der Waals surface area contributed by atoms with E-state index in [4.69, 9.17) is 10.00 Å². The Balaban J connectivity index is 2.10. The Kier molecular flexibility index (Phi) is 4.38. The molecule has 18 heavy (non-hydrogen) atoms. The Morgan fingerprint density at radius 3 is 2.78 bits per heavy atom. The van der Waals surface area contributed by atoms with E-state index >= 15 is 0 Å². The maximum absolute atomic E-state index is 12.2. The van der Waals surface area contributed by atoms with Gasteiger partial charge in [0, 0.05) is 21.8 Å². The van der Waals surface area contributed by atoms with Crippen LogP contribution in [0.3, 0.4) is 0 Å². The molecule has 3 nitrogen and oxygen atoms in total. The van der Waals surface area contributed by atoms with Crippen LogP contribution in [0.15, 0.2) is 18.2 Å². The zero-order chi connectivity index (χ0) is 13.0. The van der Waals surface area contributed by atoms with Crippen LogP contribution in [0.4, 0.5) is 0 Å². The van der Waals surface area contributed by atoms with Crippen molar-refractivity contribution in [3.63, 3.8) is 0 Å². The van der Waals surface area contributed by atoms with E-state index in [2.05, 4.69) is 6.07 Å². The smallest absolute Gasteiger partial charge is 0.136 e. The number of nitrogens with zero attached hydrogens (tertiary/aromatic N) is 1. The molecule has 1 aliphatic rings. The van der Waals surface area contributed by atoms with E-state index in [1.54, 1.807) is 19.2 Å². The molecule has 0 bridgehead atoms. The zero-order valence-electron chi connectivity index (χ0n) is 10.5. The van der Waals surface area contributed by atoms with Crippen molar-refractivity contribution in [1.82, 2.24) is 0 Å². The van der Waals surface area contributed by atoms with Gasteiger partial charge in [0.15, 0.2) is 0 Å². The van der Waals surface area contributed by atoms with Gasteiger partial charge in [-0.1, -0.05) is 18.9 Å². The second-order valence-corrected chi connectivity index (χ2v) is 6.29. The van der Waals surface area contributed by atoms with Gasteiger partial charge in [0.25, 0.3) is 0 Å². The van der Waals surface area contributed by atoms with Gasteiger partial charge in [-0.3, -0.25) is 4.21 Å². The fourth-order valence-electron chi connectivity index (χ4n) is 2.37. The van der Waals surface area contributed by atoms with Gasteiger partial charge in [-0.2, -0.15) is 5.26 Å². The quantitative estimate of drug-likeness (QED) is 0.839. The maximum Gasteiger partial charge on any atom is 0.136 e. The molecule has 0 heterocycles. The molecule has 0 aromatic heterocycles. The number of methoxy groups -OCH3 is 1. The third kappa shape index (κ3) is 2.91. The van der Waals surface area contributed by atoms with Crippen LogP contribution in [0.1, 0.15) is 36.8 Å². The second kappa shape index (κ2) is 6.01. The van der Waals surface area contributed by atoms with Gasteiger partial charge >= 0.3 is 0 Å². The zero-order valence-corrected chi connectivity index (χ0v) is 11.3. The lowest BCUT2D eigenvalue weighted by atomic mass is 10.1. The molecule has 2 rings (SSSR count). The van der Waals surface area contributed by atoms with E-state index in [9.17, 15) is 4.21 Å². The summed E-state index contributed by atoms with van der Waals surface area (Å²) < 4.78 is 17.3. The third-order valence-corrected chi connectivity index (χ3v) is 5.20. The molecule has 1 aromatic rings. The van der Waals surface area contributed by atoms with Crippen molar-refractivity contribution in [3.05, 3.63) is 29.3 Å². The summed E-state index contributed by atoms with van der Waals surface area (Å²) in [6.45, 7) is 0. The monoisotopic (exact) mass is 263 g/mol. The average Bonchev–Trinajstić information content (AvgIpc) is 2.92. The van der Waals surface area contributed by atoms with E-state index in [-0.39, 0.29) is 0 Å². The van der Waals surface area contributed by atoms with Crippen LogP contribution in [0.25, 0.3) is 0 Å². The van der Waals surface area contributed by atoms with Crippen molar-refractivity contribution < 1.29 is 8.95 Å². The van der Waals surface area contributed by atoms with Gasteiger partial charge in [0.2, 0.25) is 0 Å². The topological polar surface area (TPSA) is 50.1 Å². The third-order valence-electron chi connectivity index (χ3n) is 3.37. The summed E-state index contributed by atoms with van der Waals surface area (Å²) in [5.41, 5.74) is 1.47. The van der Waals surface area contributed by atoms with Crippen LogP contribution < -0.4 is 4.74 Å². The van der Waals surface area contributed by atoms with Crippen molar-refractivity contribution in [2.75, 3.05) is 7.11 Å². The van der Waals surface area contributed by atoms with Gasteiger partial charge in [0.05, 0.1) is 12.7 Å². The summed E-state index contributed by atoms with van der Waals surface area (Å²) in [6, 6.07) is 7.56. The fraction of sp³-hybridized carbons (Fsp3) is 0.500. The lowest BCUT2D eigenvalue weighted by Crippen LogP contribution is -2.12. The highest BCUT2D eigenvalue weighted by molar-refractivity contribution is 7.84. The Morgan fingerprint density at radius 1 is 1.44 bits per heavy atom. The van der Waals surface area contributed by atoms with Crippen LogP contribution in [0.5, 0.6) is 5.75 Å². The Hall–Kier alpha value is -1.34. The molecule has 0 amide bonds. The first-order valence-electron chi connectivity index (χ1n) is 6.19. The highest BCUT2D eigenvalue weighted by Crippen LogP contribution is 2.26. The van der Waals surface area contributed by atoms with Crippen molar-refractivity contribution in [2.45, 2.75) is 36.7 Å². The molecule has 0 radical (unpaired) electrons. The lowest BCUT2D eigenvalue weighted by Gasteiger charge is -2.10. The molecule has 1 saturated carbocycles. The first-order valence-corrected chi connectivity index (χ1v) is 7.57. The van der Waals surface area contributed by atoms with Gasteiger partial charge in [-0.25, -0.2) is 0 Å². The Bertz CT molecular complexity index is 487. The first-order chi connectivity index (χ1) is 8.74. The molecule has 1 aromatic carbocycles.